The van der Waals surface area contributed by atoms with Crippen LogP contribution in [-0.2, 0) is 4.79 Å². The van der Waals surface area contributed by atoms with E-state index in [0.717, 1.165) is 16.2 Å². The lowest BCUT2D eigenvalue weighted by Gasteiger charge is -2.20. The first-order chi connectivity index (χ1) is 11.0. The molecule has 2 N–H and O–H groups in total. The third-order valence-corrected chi connectivity index (χ3v) is 4.10. The SMILES string of the molecule is Cc1cc(C)c(NC(=O)N2C[C@@H](C(F)(F)F)[C@H](C(=O)O)C2)c(C)n1. The molecule has 1 saturated heterocycles. The predicted octanol–water partition coefficient (Wildman–Crippen LogP) is 2.73. The van der Waals surface area contributed by atoms with E-state index in [1.54, 1.807) is 26.8 Å². The van der Waals surface area contributed by atoms with Gasteiger partial charge in [0.05, 0.1) is 23.2 Å². The molecule has 0 spiro atoms. The number of carbonyl (C=O) groups excluding carboxylic acids is 1. The highest BCUT2D eigenvalue weighted by Gasteiger charge is 2.53. The highest BCUT2D eigenvalue weighted by atomic mass is 19.4. The van der Waals surface area contributed by atoms with Gasteiger partial charge in [0.1, 0.15) is 0 Å². The molecule has 2 atom stereocenters. The van der Waals surface area contributed by atoms with E-state index >= 15 is 0 Å². The molecule has 1 aliphatic heterocycles. The molecule has 9 heteroatoms. The molecule has 2 rings (SSSR count). The molecule has 6 nitrogen and oxygen atoms in total. The van der Waals surface area contributed by atoms with Crippen LogP contribution in [0.3, 0.4) is 0 Å². The number of halogens is 3. The topological polar surface area (TPSA) is 82.5 Å². The minimum Gasteiger partial charge on any atom is -0.481 e. The molecule has 2 amide bonds. The van der Waals surface area contributed by atoms with Crippen LogP contribution in [0.25, 0.3) is 0 Å². The number of nitrogens with zero attached hydrogens (tertiary/aromatic N) is 2. The first-order valence-electron chi connectivity index (χ1n) is 7.31. The van der Waals surface area contributed by atoms with Crippen LogP contribution < -0.4 is 5.32 Å². The number of hydrogen-bond acceptors (Lipinski definition) is 3. The summed E-state index contributed by atoms with van der Waals surface area (Å²) >= 11 is 0. The Morgan fingerprint density at radius 2 is 1.92 bits per heavy atom. The number of anilines is 1. The molecule has 0 bridgehead atoms. The van der Waals surface area contributed by atoms with Crippen molar-refractivity contribution in [2.45, 2.75) is 26.9 Å². The summed E-state index contributed by atoms with van der Waals surface area (Å²) < 4.78 is 38.9. The van der Waals surface area contributed by atoms with Gasteiger partial charge in [0.2, 0.25) is 0 Å². The maximum Gasteiger partial charge on any atom is 0.394 e. The molecule has 0 radical (unpaired) electrons. The summed E-state index contributed by atoms with van der Waals surface area (Å²) in [7, 11) is 0. The molecule has 0 saturated carbocycles. The number of aryl methyl sites for hydroxylation is 3. The number of rotatable bonds is 2. The van der Waals surface area contributed by atoms with Gasteiger partial charge >= 0.3 is 18.2 Å². The number of carboxylic acids is 1. The summed E-state index contributed by atoms with van der Waals surface area (Å²) in [6.45, 7) is 4.06. The van der Waals surface area contributed by atoms with Gasteiger partial charge in [-0.25, -0.2) is 4.79 Å². The first-order valence-corrected chi connectivity index (χ1v) is 7.31. The van der Waals surface area contributed by atoms with Crippen LogP contribution in [0.4, 0.5) is 23.7 Å². The quantitative estimate of drug-likeness (QED) is 0.863. The normalized spacial score (nSPS) is 21.0. The maximum absolute atomic E-state index is 13.0. The summed E-state index contributed by atoms with van der Waals surface area (Å²) in [6.07, 6.45) is -4.67. The fourth-order valence-corrected chi connectivity index (χ4v) is 2.95. The third kappa shape index (κ3) is 3.60. The molecule has 0 aromatic carbocycles. The molecular weight excluding hydrogens is 327 g/mol. The van der Waals surface area contributed by atoms with Crippen molar-refractivity contribution in [2.24, 2.45) is 11.8 Å². The van der Waals surface area contributed by atoms with Crippen molar-refractivity contribution in [2.75, 3.05) is 18.4 Å². The summed E-state index contributed by atoms with van der Waals surface area (Å²) in [5, 5.41) is 11.5. The summed E-state index contributed by atoms with van der Waals surface area (Å²) in [6, 6.07) is 0.982. The highest BCUT2D eigenvalue weighted by Crippen LogP contribution is 2.38. The Bertz CT molecular complexity index is 653. The number of aromatic nitrogens is 1. The largest absolute Gasteiger partial charge is 0.481 e. The number of pyridine rings is 1. The number of alkyl halides is 3. The number of nitrogens with one attached hydrogen (secondary N) is 1. The van der Waals surface area contributed by atoms with Crippen LogP contribution in [0, 0.1) is 32.6 Å². The van der Waals surface area contributed by atoms with Crippen LogP contribution in [0.2, 0.25) is 0 Å². The van der Waals surface area contributed by atoms with Crippen LogP contribution in [0.5, 0.6) is 0 Å². The van der Waals surface area contributed by atoms with Crippen molar-refractivity contribution < 1.29 is 27.9 Å². The van der Waals surface area contributed by atoms with Gasteiger partial charge in [-0.3, -0.25) is 9.78 Å². The fraction of sp³-hybridized carbons (Fsp3) is 0.533. The Labute approximate surface area is 136 Å². The average molecular weight is 345 g/mol. The highest BCUT2D eigenvalue weighted by molar-refractivity contribution is 5.91. The molecule has 1 aromatic rings. The second-order valence-corrected chi connectivity index (χ2v) is 5.97. The van der Waals surface area contributed by atoms with Crippen molar-refractivity contribution in [3.63, 3.8) is 0 Å². The van der Waals surface area contributed by atoms with Crippen LogP contribution >= 0.6 is 0 Å². The molecule has 2 heterocycles. The van der Waals surface area contributed by atoms with Crippen LogP contribution in [0.15, 0.2) is 6.07 Å². The number of carbonyl (C=O) groups is 2. The van der Waals surface area contributed by atoms with E-state index in [-0.39, 0.29) is 0 Å². The Morgan fingerprint density at radius 3 is 2.38 bits per heavy atom. The third-order valence-electron chi connectivity index (χ3n) is 4.10. The summed E-state index contributed by atoms with van der Waals surface area (Å²) in [5.74, 6) is -5.29. The zero-order valence-electron chi connectivity index (χ0n) is 13.4. The Kier molecular flexibility index (Phi) is 4.73. The zero-order chi connectivity index (χ0) is 18.2. The van der Waals surface area contributed by atoms with Gasteiger partial charge in [0.15, 0.2) is 0 Å². The number of urea groups is 1. The van der Waals surface area contributed by atoms with Gasteiger partial charge in [-0.1, -0.05) is 0 Å². The minimum absolute atomic E-state index is 0.424. The molecule has 1 aliphatic rings. The monoisotopic (exact) mass is 345 g/mol. The van der Waals surface area contributed by atoms with Gasteiger partial charge in [-0.2, -0.15) is 13.2 Å². The average Bonchev–Trinajstić information content (AvgIpc) is 2.88. The van der Waals surface area contributed by atoms with Crippen LogP contribution in [0.1, 0.15) is 17.0 Å². The van der Waals surface area contributed by atoms with E-state index in [4.69, 9.17) is 5.11 Å². The summed E-state index contributed by atoms with van der Waals surface area (Å²) in [5.41, 5.74) is 2.46. The first kappa shape index (κ1) is 18.0. The summed E-state index contributed by atoms with van der Waals surface area (Å²) in [4.78, 5) is 28.4. The fourth-order valence-electron chi connectivity index (χ4n) is 2.95. The number of amides is 2. The zero-order valence-corrected chi connectivity index (χ0v) is 13.4. The number of likely N-dealkylation sites (tertiary alicyclic amines) is 1. The maximum atomic E-state index is 13.0. The van der Waals surface area contributed by atoms with Gasteiger partial charge < -0.3 is 15.3 Å². The van der Waals surface area contributed by atoms with Crippen molar-refractivity contribution in [3.8, 4) is 0 Å². The lowest BCUT2D eigenvalue weighted by atomic mass is 9.96. The molecule has 132 valence electrons. The Morgan fingerprint density at radius 1 is 1.29 bits per heavy atom. The van der Waals surface area contributed by atoms with E-state index in [9.17, 15) is 22.8 Å². The predicted molar refractivity (Wildman–Crippen MR) is 79.7 cm³/mol. The van der Waals surface area contributed by atoms with Gasteiger partial charge in [-0.05, 0) is 32.4 Å². The lowest BCUT2D eigenvalue weighted by molar-refractivity contribution is -0.187. The second-order valence-electron chi connectivity index (χ2n) is 5.97. The van der Waals surface area contributed by atoms with E-state index in [2.05, 4.69) is 10.3 Å². The van der Waals surface area contributed by atoms with Crippen molar-refractivity contribution in [3.05, 3.63) is 23.0 Å². The smallest absolute Gasteiger partial charge is 0.394 e. The van der Waals surface area contributed by atoms with E-state index in [1.807, 2.05) is 0 Å². The van der Waals surface area contributed by atoms with E-state index in [0.29, 0.717) is 11.4 Å². The molecule has 24 heavy (non-hydrogen) atoms. The number of carboxylic acid groups (broad SMARTS) is 1. The van der Waals surface area contributed by atoms with Crippen molar-refractivity contribution in [1.82, 2.24) is 9.88 Å². The minimum atomic E-state index is -4.67. The lowest BCUT2D eigenvalue weighted by Crippen LogP contribution is -2.35. The molecule has 1 aromatic heterocycles. The van der Waals surface area contributed by atoms with Gasteiger partial charge in [0, 0.05) is 18.8 Å². The standard InChI is InChI=1S/C15H18F3N3O3/c1-7-4-8(2)19-9(3)12(7)20-14(24)21-5-10(13(22)23)11(6-21)15(16,17)18/h4,10-11H,5-6H2,1-3H3,(H,20,24)(H,22,23)/t10-,11-/m1/s1. The molecule has 1 fully saturated rings. The molecule has 0 unspecified atom stereocenters. The molecule has 0 aliphatic carbocycles. The Hall–Kier alpha value is -2.32. The second kappa shape index (κ2) is 6.29. The van der Waals surface area contributed by atoms with E-state index < -0.39 is 43.1 Å². The van der Waals surface area contributed by atoms with Gasteiger partial charge in [0.25, 0.3) is 0 Å². The molecular formula is C15H18F3N3O3. The van der Waals surface area contributed by atoms with Gasteiger partial charge in [-0.15, -0.1) is 0 Å². The van der Waals surface area contributed by atoms with Crippen LogP contribution in [-0.4, -0.2) is 46.3 Å². The van der Waals surface area contributed by atoms with E-state index in [1.165, 1.54) is 0 Å². The van der Waals surface area contributed by atoms with Crippen molar-refractivity contribution >= 4 is 17.7 Å². The number of hydrogen-bond donors (Lipinski definition) is 2. The number of aliphatic carboxylic acids is 1. The Balaban J connectivity index is 2.18. The van der Waals surface area contributed by atoms with Crippen molar-refractivity contribution in [1.29, 1.82) is 0 Å².